The summed E-state index contributed by atoms with van der Waals surface area (Å²) in [4.78, 5) is 4.80. The highest BCUT2D eigenvalue weighted by atomic mass is 35.7. The van der Waals surface area contributed by atoms with E-state index in [2.05, 4.69) is 4.98 Å². The van der Waals surface area contributed by atoms with E-state index in [1.54, 1.807) is 12.1 Å². The average molecular weight is 300 g/mol. The summed E-state index contributed by atoms with van der Waals surface area (Å²) in [6.07, 6.45) is 1.25. The first-order chi connectivity index (χ1) is 6.97. The van der Waals surface area contributed by atoms with Gasteiger partial charge in [0.05, 0.1) is 15.4 Å². The molecule has 0 aromatic carbocycles. The monoisotopic (exact) mass is 299 g/mol. The fraction of sp³-hybridized carbons (Fsp3) is 0. The normalized spacial score (nSPS) is 11.9. The third kappa shape index (κ3) is 2.51. The van der Waals surface area contributed by atoms with Gasteiger partial charge in [-0.2, -0.15) is 0 Å². The van der Waals surface area contributed by atoms with Gasteiger partial charge in [-0.1, -0.05) is 11.6 Å². The molecular weight excluding hydrogens is 297 g/mol. The summed E-state index contributed by atoms with van der Waals surface area (Å²) in [5, 5.41) is 0.603. The Balaban J connectivity index is 2.44. The van der Waals surface area contributed by atoms with Crippen molar-refractivity contribution in [1.82, 2.24) is 4.98 Å². The maximum Gasteiger partial charge on any atom is 0.272 e. The Bertz CT molecular complexity index is 587. The van der Waals surface area contributed by atoms with E-state index in [0.717, 1.165) is 16.2 Å². The topological polar surface area (TPSA) is 47.0 Å². The second kappa shape index (κ2) is 4.03. The van der Waals surface area contributed by atoms with Crippen molar-refractivity contribution in [2.24, 2.45) is 0 Å². The number of rotatable bonds is 2. The number of halogens is 2. The third-order valence-corrected chi connectivity index (χ3v) is 5.97. The zero-order valence-electron chi connectivity index (χ0n) is 6.98. The summed E-state index contributed by atoms with van der Waals surface area (Å²) in [5.41, 5.74) is 0. The molecule has 0 N–H and O–H groups in total. The van der Waals surface area contributed by atoms with Crippen molar-refractivity contribution in [3.8, 4) is 9.88 Å². The van der Waals surface area contributed by atoms with Crippen LogP contribution in [0.2, 0.25) is 4.34 Å². The molecule has 0 unspecified atom stereocenters. The molecule has 0 atom stereocenters. The van der Waals surface area contributed by atoms with Gasteiger partial charge in [0.1, 0.15) is 5.01 Å². The molecule has 8 heteroatoms. The van der Waals surface area contributed by atoms with Gasteiger partial charge >= 0.3 is 0 Å². The van der Waals surface area contributed by atoms with E-state index in [-0.39, 0.29) is 4.21 Å². The van der Waals surface area contributed by atoms with Gasteiger partial charge in [-0.15, -0.1) is 22.7 Å². The number of nitrogens with zero attached hydrogens (tertiary/aromatic N) is 1. The molecule has 0 radical (unpaired) electrons. The standard InChI is InChI=1S/C7H3Cl2NO2S3/c8-5-2-1-4(13-5)7-10-3-6(14-7)15(9,11)12/h1-3H. The second-order valence-electron chi connectivity index (χ2n) is 2.53. The lowest BCUT2D eigenvalue weighted by molar-refractivity contribution is 0.611. The van der Waals surface area contributed by atoms with Gasteiger partial charge in [-0.3, -0.25) is 0 Å². The van der Waals surface area contributed by atoms with Gasteiger partial charge in [0.2, 0.25) is 0 Å². The summed E-state index contributed by atoms with van der Waals surface area (Å²) in [6, 6.07) is 3.52. The molecule has 0 saturated carbocycles. The van der Waals surface area contributed by atoms with Crippen LogP contribution in [0.25, 0.3) is 9.88 Å². The van der Waals surface area contributed by atoms with Crippen LogP contribution in [0.4, 0.5) is 0 Å². The molecule has 2 aromatic heterocycles. The first-order valence-corrected chi connectivity index (χ1v) is 7.95. The highest BCUT2D eigenvalue weighted by molar-refractivity contribution is 8.15. The van der Waals surface area contributed by atoms with E-state index in [9.17, 15) is 8.42 Å². The molecule has 0 bridgehead atoms. The molecule has 15 heavy (non-hydrogen) atoms. The summed E-state index contributed by atoms with van der Waals surface area (Å²) >= 11 is 8.13. The van der Waals surface area contributed by atoms with Crippen LogP contribution in [0.3, 0.4) is 0 Å². The maximum absolute atomic E-state index is 11.0. The highest BCUT2D eigenvalue weighted by Crippen LogP contribution is 2.35. The molecular formula is C7H3Cl2NO2S3. The fourth-order valence-electron chi connectivity index (χ4n) is 0.915. The minimum Gasteiger partial charge on any atom is -0.242 e. The molecule has 0 amide bonds. The maximum atomic E-state index is 11.0. The Labute approximate surface area is 104 Å². The molecule has 0 fully saturated rings. The summed E-state index contributed by atoms with van der Waals surface area (Å²) in [7, 11) is 1.50. The summed E-state index contributed by atoms with van der Waals surface area (Å²) in [5.74, 6) is 0. The van der Waals surface area contributed by atoms with Crippen molar-refractivity contribution >= 4 is 54.0 Å². The minimum absolute atomic E-state index is 0.0451. The van der Waals surface area contributed by atoms with Crippen molar-refractivity contribution in [2.75, 3.05) is 0 Å². The number of thiophene rings is 1. The van der Waals surface area contributed by atoms with Crippen molar-refractivity contribution in [1.29, 1.82) is 0 Å². The molecule has 2 aromatic rings. The molecule has 0 spiro atoms. The molecule has 0 saturated heterocycles. The van der Waals surface area contributed by atoms with E-state index >= 15 is 0 Å². The van der Waals surface area contributed by atoms with Crippen LogP contribution < -0.4 is 0 Å². The van der Waals surface area contributed by atoms with Crippen LogP contribution in [0.5, 0.6) is 0 Å². The van der Waals surface area contributed by atoms with Crippen LogP contribution in [0, 0.1) is 0 Å². The van der Waals surface area contributed by atoms with Gasteiger partial charge in [0, 0.05) is 10.7 Å². The number of hydrogen-bond acceptors (Lipinski definition) is 5. The van der Waals surface area contributed by atoms with Crippen molar-refractivity contribution in [3.05, 3.63) is 22.7 Å². The number of aromatic nitrogens is 1. The Morgan fingerprint density at radius 2 is 2.00 bits per heavy atom. The zero-order valence-corrected chi connectivity index (χ0v) is 10.9. The van der Waals surface area contributed by atoms with Crippen LogP contribution in [-0.2, 0) is 9.05 Å². The first kappa shape index (κ1) is 11.3. The predicted molar refractivity (Wildman–Crippen MR) is 63.5 cm³/mol. The van der Waals surface area contributed by atoms with Crippen LogP contribution in [0.1, 0.15) is 0 Å². The Kier molecular flexibility index (Phi) is 3.05. The molecule has 80 valence electrons. The Hall–Kier alpha value is -0.140. The second-order valence-corrected chi connectivity index (χ2v) is 8.06. The van der Waals surface area contributed by atoms with E-state index in [0.29, 0.717) is 9.34 Å². The molecule has 0 aliphatic carbocycles. The van der Waals surface area contributed by atoms with Crippen molar-refractivity contribution in [3.63, 3.8) is 0 Å². The van der Waals surface area contributed by atoms with Gasteiger partial charge in [0.25, 0.3) is 9.05 Å². The van der Waals surface area contributed by atoms with E-state index in [1.807, 2.05) is 0 Å². The zero-order chi connectivity index (χ0) is 11.1. The predicted octanol–water partition coefficient (Wildman–Crippen LogP) is 3.45. The van der Waals surface area contributed by atoms with Gasteiger partial charge in [-0.25, -0.2) is 13.4 Å². The Morgan fingerprint density at radius 1 is 1.27 bits per heavy atom. The van der Waals surface area contributed by atoms with Gasteiger partial charge in [0.15, 0.2) is 4.21 Å². The van der Waals surface area contributed by atoms with Crippen LogP contribution in [-0.4, -0.2) is 13.4 Å². The third-order valence-electron chi connectivity index (χ3n) is 1.51. The smallest absolute Gasteiger partial charge is 0.242 e. The highest BCUT2D eigenvalue weighted by Gasteiger charge is 2.15. The first-order valence-electron chi connectivity index (χ1n) is 3.63. The fourth-order valence-corrected chi connectivity index (χ4v) is 3.89. The van der Waals surface area contributed by atoms with E-state index < -0.39 is 9.05 Å². The lowest BCUT2D eigenvalue weighted by atomic mass is 10.5. The molecule has 0 aliphatic rings. The molecule has 0 aliphatic heterocycles. The molecule has 2 heterocycles. The lowest BCUT2D eigenvalue weighted by Gasteiger charge is -1.86. The lowest BCUT2D eigenvalue weighted by Crippen LogP contribution is -1.83. The van der Waals surface area contributed by atoms with Gasteiger partial charge in [-0.05, 0) is 12.1 Å². The van der Waals surface area contributed by atoms with Gasteiger partial charge < -0.3 is 0 Å². The number of thiazole rings is 1. The van der Waals surface area contributed by atoms with E-state index in [4.69, 9.17) is 22.3 Å². The largest absolute Gasteiger partial charge is 0.272 e. The Morgan fingerprint density at radius 3 is 2.47 bits per heavy atom. The molecule has 3 nitrogen and oxygen atoms in total. The summed E-state index contributed by atoms with van der Waals surface area (Å²) in [6.45, 7) is 0. The van der Waals surface area contributed by atoms with Crippen LogP contribution >= 0.6 is 45.0 Å². The quantitative estimate of drug-likeness (QED) is 0.798. The average Bonchev–Trinajstić information content (AvgIpc) is 2.69. The minimum atomic E-state index is -3.68. The number of hydrogen-bond donors (Lipinski definition) is 0. The SMILES string of the molecule is O=S(=O)(Cl)c1cnc(-c2ccc(Cl)s2)s1. The van der Waals surface area contributed by atoms with Crippen LogP contribution in [0.15, 0.2) is 22.5 Å². The van der Waals surface area contributed by atoms with Crippen molar-refractivity contribution in [2.45, 2.75) is 4.21 Å². The summed E-state index contributed by atoms with van der Waals surface area (Å²) < 4.78 is 22.7. The molecule has 2 rings (SSSR count). The van der Waals surface area contributed by atoms with E-state index in [1.165, 1.54) is 17.5 Å². The van der Waals surface area contributed by atoms with Crippen molar-refractivity contribution < 1.29 is 8.42 Å².